The summed E-state index contributed by atoms with van der Waals surface area (Å²) in [5, 5.41) is 1.45. The summed E-state index contributed by atoms with van der Waals surface area (Å²) in [5.41, 5.74) is -0.176. The third-order valence-electron chi connectivity index (χ3n) is 5.05. The van der Waals surface area contributed by atoms with Crippen LogP contribution in [0.2, 0.25) is 0 Å². The van der Waals surface area contributed by atoms with Gasteiger partial charge >= 0.3 is 12.2 Å². The summed E-state index contributed by atoms with van der Waals surface area (Å²) in [4.78, 5) is 35.5. The van der Waals surface area contributed by atoms with Gasteiger partial charge in [-0.25, -0.2) is 18.0 Å². The van der Waals surface area contributed by atoms with Crippen molar-refractivity contribution in [2.45, 2.75) is 64.5 Å². The van der Waals surface area contributed by atoms with Gasteiger partial charge in [0.15, 0.2) is 9.84 Å². The topological polar surface area (TPSA) is 112 Å². The number of carbonyl (C=O) groups excluding carboxylic acids is 2. The first-order valence-corrected chi connectivity index (χ1v) is 14.0. The summed E-state index contributed by atoms with van der Waals surface area (Å²) in [6.45, 7) is 9.88. The molecule has 1 aromatic heterocycles. The van der Waals surface area contributed by atoms with E-state index >= 15 is 0 Å². The van der Waals surface area contributed by atoms with Crippen molar-refractivity contribution < 1.29 is 32.3 Å². The summed E-state index contributed by atoms with van der Waals surface area (Å²) in [7, 11) is -3.87. The van der Waals surface area contributed by atoms with Gasteiger partial charge in [-0.2, -0.15) is 0 Å². The van der Waals surface area contributed by atoms with E-state index in [-0.39, 0.29) is 5.75 Å². The Labute approximate surface area is 223 Å². The molecule has 0 aliphatic heterocycles. The average Bonchev–Trinajstić information content (AvgIpc) is 2.79. The second-order valence-corrected chi connectivity index (χ2v) is 13.0. The Hall–Kier alpha value is -3.66. The number of hydrogen-bond acceptors (Lipinski definition) is 8. The maximum Gasteiger partial charge on any atom is 0.534 e. The zero-order chi connectivity index (χ0) is 28.1. The Morgan fingerprint density at radius 1 is 0.895 bits per heavy atom. The zero-order valence-corrected chi connectivity index (χ0v) is 23.3. The number of nitrogens with zero attached hydrogens (tertiary/aromatic N) is 2. The van der Waals surface area contributed by atoms with E-state index in [4.69, 9.17) is 14.3 Å². The lowest BCUT2D eigenvalue weighted by molar-refractivity contribution is -0.153. The molecule has 1 atom stereocenters. The van der Waals surface area contributed by atoms with Crippen LogP contribution in [0.25, 0.3) is 10.9 Å². The SMILES string of the molecule is CC(C)(C)OC(=O)ON(C(=O)OC(C)(C)C)[C@H](CS(=O)(=O)Cc1cnc2ccccc2c1)c1ccccc1. The summed E-state index contributed by atoms with van der Waals surface area (Å²) in [6.07, 6.45) is -0.680. The van der Waals surface area contributed by atoms with Gasteiger partial charge in [0, 0.05) is 11.6 Å². The molecule has 1 heterocycles. The Kier molecular flexibility index (Phi) is 8.66. The molecule has 0 aliphatic carbocycles. The lowest BCUT2D eigenvalue weighted by atomic mass is 10.1. The normalized spacial score (nSPS) is 13.0. The first-order valence-electron chi connectivity index (χ1n) is 12.1. The second kappa shape index (κ2) is 11.4. The number of carbonyl (C=O) groups is 2. The fourth-order valence-electron chi connectivity index (χ4n) is 3.61. The summed E-state index contributed by atoms with van der Waals surface area (Å²) >= 11 is 0. The minimum Gasteiger partial charge on any atom is -0.442 e. The number of hydroxylamine groups is 2. The quantitative estimate of drug-likeness (QED) is 0.276. The number of hydrogen-bond donors (Lipinski definition) is 0. The Balaban J connectivity index is 1.97. The van der Waals surface area contributed by atoms with Crippen molar-refractivity contribution in [1.29, 1.82) is 0 Å². The minimum absolute atomic E-state index is 0.331. The van der Waals surface area contributed by atoms with Crippen LogP contribution in [0.3, 0.4) is 0 Å². The van der Waals surface area contributed by atoms with Gasteiger partial charge < -0.3 is 9.47 Å². The molecule has 0 unspecified atom stereocenters. The Morgan fingerprint density at radius 2 is 1.50 bits per heavy atom. The molecule has 0 saturated heterocycles. The highest BCUT2D eigenvalue weighted by molar-refractivity contribution is 7.90. The number of sulfone groups is 1. The number of fused-ring (bicyclic) bond motifs is 1. The van der Waals surface area contributed by atoms with E-state index < -0.39 is 45.1 Å². The van der Waals surface area contributed by atoms with E-state index in [1.807, 2.05) is 24.3 Å². The van der Waals surface area contributed by atoms with Gasteiger partial charge in [0.2, 0.25) is 0 Å². The molecular weight excluding hydrogens is 508 g/mol. The highest BCUT2D eigenvalue weighted by atomic mass is 32.2. The standard InChI is InChI=1S/C28H34N2O7S/c1-27(2,3)35-25(31)30(37-26(32)36-28(4,5)6)24(21-12-8-7-9-13-21)19-38(33,34)18-20-16-22-14-10-11-15-23(22)29-17-20/h7-17,24H,18-19H2,1-6H3/t24-/m1/s1. The van der Waals surface area contributed by atoms with Crippen LogP contribution < -0.4 is 0 Å². The van der Waals surface area contributed by atoms with E-state index in [2.05, 4.69) is 4.98 Å². The molecule has 38 heavy (non-hydrogen) atoms. The van der Waals surface area contributed by atoms with Gasteiger partial charge in [-0.1, -0.05) is 48.5 Å². The van der Waals surface area contributed by atoms with E-state index in [1.54, 1.807) is 77.9 Å². The maximum atomic E-state index is 13.5. The van der Waals surface area contributed by atoms with Gasteiger partial charge in [0.1, 0.15) is 17.2 Å². The Morgan fingerprint density at radius 3 is 2.13 bits per heavy atom. The molecule has 0 fully saturated rings. The zero-order valence-electron chi connectivity index (χ0n) is 22.5. The number of pyridine rings is 1. The molecule has 0 aliphatic rings. The third kappa shape index (κ3) is 8.72. The van der Waals surface area contributed by atoms with Crippen molar-refractivity contribution >= 4 is 33.0 Å². The van der Waals surface area contributed by atoms with Gasteiger partial charge in [-0.05, 0) is 64.8 Å². The first-order chi connectivity index (χ1) is 17.6. The van der Waals surface area contributed by atoms with Crippen molar-refractivity contribution in [1.82, 2.24) is 10.0 Å². The van der Waals surface area contributed by atoms with Crippen molar-refractivity contribution in [3.63, 3.8) is 0 Å². The van der Waals surface area contributed by atoms with Gasteiger partial charge in [-0.3, -0.25) is 9.82 Å². The maximum absolute atomic E-state index is 13.5. The molecule has 0 bridgehead atoms. The van der Waals surface area contributed by atoms with Crippen molar-refractivity contribution in [2.75, 3.05) is 5.75 Å². The molecule has 3 rings (SSSR count). The molecule has 0 spiro atoms. The molecule has 1 amide bonds. The second-order valence-electron chi connectivity index (χ2n) is 10.9. The van der Waals surface area contributed by atoms with Crippen LogP contribution in [0.4, 0.5) is 9.59 Å². The number of para-hydroxylation sites is 1. The molecule has 3 aromatic rings. The fourth-order valence-corrected chi connectivity index (χ4v) is 5.20. The lowest BCUT2D eigenvalue weighted by Crippen LogP contribution is -2.44. The number of rotatable bonds is 6. The van der Waals surface area contributed by atoms with E-state index in [0.29, 0.717) is 16.2 Å². The van der Waals surface area contributed by atoms with Gasteiger partial charge in [-0.15, -0.1) is 5.06 Å². The molecule has 10 heteroatoms. The van der Waals surface area contributed by atoms with Crippen LogP contribution in [0.1, 0.15) is 58.7 Å². The number of ether oxygens (including phenoxy) is 2. The molecule has 204 valence electrons. The van der Waals surface area contributed by atoms with E-state index in [0.717, 1.165) is 10.9 Å². The van der Waals surface area contributed by atoms with Crippen molar-refractivity contribution in [2.24, 2.45) is 0 Å². The number of benzene rings is 2. The largest absolute Gasteiger partial charge is 0.534 e. The highest BCUT2D eigenvalue weighted by Crippen LogP contribution is 2.28. The highest BCUT2D eigenvalue weighted by Gasteiger charge is 2.37. The van der Waals surface area contributed by atoms with E-state index in [9.17, 15) is 18.0 Å². The smallest absolute Gasteiger partial charge is 0.442 e. The number of amides is 1. The average molecular weight is 543 g/mol. The van der Waals surface area contributed by atoms with E-state index in [1.165, 1.54) is 6.20 Å². The molecule has 9 nitrogen and oxygen atoms in total. The molecular formula is C28H34N2O7S. The third-order valence-corrected chi connectivity index (χ3v) is 6.65. The van der Waals surface area contributed by atoms with Crippen LogP contribution in [0.15, 0.2) is 66.9 Å². The summed E-state index contributed by atoms with van der Waals surface area (Å²) in [5.74, 6) is -0.880. The van der Waals surface area contributed by atoms with Crippen LogP contribution >= 0.6 is 0 Å². The monoisotopic (exact) mass is 542 g/mol. The molecule has 2 aromatic carbocycles. The predicted molar refractivity (Wildman–Crippen MR) is 144 cm³/mol. The minimum atomic E-state index is -3.87. The van der Waals surface area contributed by atoms with Crippen molar-refractivity contribution in [3.05, 3.63) is 78.0 Å². The number of aromatic nitrogens is 1. The molecule has 0 N–H and O–H groups in total. The lowest BCUT2D eigenvalue weighted by Gasteiger charge is -2.32. The fraction of sp³-hybridized carbons (Fsp3) is 0.393. The van der Waals surface area contributed by atoms with Crippen LogP contribution in [0, 0.1) is 0 Å². The van der Waals surface area contributed by atoms with Gasteiger partial charge in [0.05, 0.1) is 17.0 Å². The van der Waals surface area contributed by atoms with Gasteiger partial charge in [0.25, 0.3) is 0 Å². The van der Waals surface area contributed by atoms with Crippen molar-refractivity contribution in [3.8, 4) is 0 Å². The first kappa shape index (κ1) is 28.9. The predicted octanol–water partition coefficient (Wildman–Crippen LogP) is 5.99. The van der Waals surface area contributed by atoms with Crippen LogP contribution in [-0.4, -0.2) is 47.7 Å². The van der Waals surface area contributed by atoms with Crippen LogP contribution in [0.5, 0.6) is 0 Å². The molecule has 0 radical (unpaired) electrons. The molecule has 0 saturated carbocycles. The summed E-state index contributed by atoms with van der Waals surface area (Å²) < 4.78 is 37.6. The Bertz CT molecular complexity index is 1380. The summed E-state index contributed by atoms with van der Waals surface area (Å²) in [6, 6.07) is 16.4. The van der Waals surface area contributed by atoms with Crippen LogP contribution in [-0.2, 0) is 29.9 Å².